The lowest BCUT2D eigenvalue weighted by Gasteiger charge is -2.33. The Morgan fingerprint density at radius 3 is 3.11 bits per heavy atom. The summed E-state index contributed by atoms with van der Waals surface area (Å²) in [4.78, 5) is 23.5. The summed E-state index contributed by atoms with van der Waals surface area (Å²) in [5, 5.41) is 7.79. The van der Waals surface area contributed by atoms with Crippen molar-refractivity contribution in [2.45, 2.75) is 19.8 Å². The second kappa shape index (κ2) is 7.22. The van der Waals surface area contributed by atoms with Gasteiger partial charge in [0.05, 0.1) is 18.7 Å². The van der Waals surface area contributed by atoms with Crippen molar-refractivity contribution in [2.75, 3.05) is 30.4 Å². The number of hydrogen-bond donors (Lipinski definition) is 1. The molecule has 140 valence electrons. The predicted molar refractivity (Wildman–Crippen MR) is 101 cm³/mol. The van der Waals surface area contributed by atoms with Crippen LogP contribution < -0.4 is 15.0 Å². The van der Waals surface area contributed by atoms with Crippen LogP contribution in [0.5, 0.6) is 5.75 Å². The number of amides is 1. The van der Waals surface area contributed by atoms with Crippen LogP contribution >= 0.6 is 0 Å². The van der Waals surface area contributed by atoms with Gasteiger partial charge in [-0.1, -0.05) is 11.2 Å². The van der Waals surface area contributed by atoms with Gasteiger partial charge in [-0.2, -0.15) is 4.98 Å². The van der Waals surface area contributed by atoms with E-state index >= 15 is 0 Å². The molecule has 3 aromatic rings. The number of aryl methyl sites for hydroxylation is 1. The number of piperidine rings is 1. The Morgan fingerprint density at radius 2 is 2.26 bits per heavy atom. The van der Waals surface area contributed by atoms with E-state index in [0.717, 1.165) is 42.0 Å². The van der Waals surface area contributed by atoms with E-state index in [1.54, 1.807) is 7.11 Å². The van der Waals surface area contributed by atoms with Gasteiger partial charge in [0.2, 0.25) is 5.91 Å². The lowest BCUT2D eigenvalue weighted by atomic mass is 9.96. The van der Waals surface area contributed by atoms with Gasteiger partial charge in [0.15, 0.2) is 0 Å². The van der Waals surface area contributed by atoms with Crippen LogP contribution in [0.25, 0.3) is 11.1 Å². The molecule has 0 saturated carbocycles. The molecule has 8 heteroatoms. The van der Waals surface area contributed by atoms with Crippen LogP contribution in [0, 0.1) is 12.8 Å². The van der Waals surface area contributed by atoms with E-state index in [4.69, 9.17) is 9.26 Å². The van der Waals surface area contributed by atoms with Gasteiger partial charge in [-0.15, -0.1) is 0 Å². The molecule has 8 nitrogen and oxygen atoms in total. The molecule has 1 saturated heterocycles. The first kappa shape index (κ1) is 17.3. The van der Waals surface area contributed by atoms with E-state index in [9.17, 15) is 4.79 Å². The highest BCUT2D eigenvalue weighted by atomic mass is 16.5. The van der Waals surface area contributed by atoms with Gasteiger partial charge >= 0.3 is 0 Å². The molecule has 1 fully saturated rings. The summed E-state index contributed by atoms with van der Waals surface area (Å²) < 4.78 is 10.4. The summed E-state index contributed by atoms with van der Waals surface area (Å²) in [5.74, 6) is 1.36. The van der Waals surface area contributed by atoms with Gasteiger partial charge in [-0.3, -0.25) is 4.79 Å². The third-order valence-electron chi connectivity index (χ3n) is 4.85. The van der Waals surface area contributed by atoms with Crippen molar-refractivity contribution < 1.29 is 14.1 Å². The molecule has 27 heavy (non-hydrogen) atoms. The van der Waals surface area contributed by atoms with Crippen LogP contribution in [0.4, 0.5) is 11.5 Å². The lowest BCUT2D eigenvalue weighted by molar-refractivity contribution is -0.120. The molecule has 0 radical (unpaired) electrons. The average Bonchev–Trinajstić information content (AvgIpc) is 3.09. The van der Waals surface area contributed by atoms with Gasteiger partial charge in [-0.05, 0) is 31.9 Å². The molecule has 0 bridgehead atoms. The van der Waals surface area contributed by atoms with Crippen molar-refractivity contribution in [1.82, 2.24) is 15.1 Å². The molecule has 2 aromatic heterocycles. The Bertz CT molecular complexity index is 971. The number of nitrogens with one attached hydrogen (secondary N) is 1. The summed E-state index contributed by atoms with van der Waals surface area (Å²) >= 11 is 0. The monoisotopic (exact) mass is 367 g/mol. The maximum absolute atomic E-state index is 12.8. The number of methoxy groups -OCH3 is 1. The summed E-state index contributed by atoms with van der Waals surface area (Å²) in [7, 11) is 1.61. The molecule has 1 N–H and O–H groups in total. The highest BCUT2D eigenvalue weighted by Crippen LogP contribution is 2.30. The number of hydrogen-bond acceptors (Lipinski definition) is 7. The zero-order chi connectivity index (χ0) is 18.8. The number of carbonyl (C=O) groups excluding carboxylic acids is 1. The van der Waals surface area contributed by atoms with Gasteiger partial charge in [0, 0.05) is 24.8 Å². The quantitative estimate of drug-likeness (QED) is 0.758. The SMILES string of the molecule is COc1cccc(NC(=O)[C@H]2CCCN(c3ncnc4onc(C)c34)C2)c1. The van der Waals surface area contributed by atoms with Crippen molar-refractivity contribution in [3.05, 3.63) is 36.3 Å². The van der Waals surface area contributed by atoms with Crippen LogP contribution in [-0.2, 0) is 4.79 Å². The first-order valence-corrected chi connectivity index (χ1v) is 8.92. The van der Waals surface area contributed by atoms with Crippen LogP contribution in [0.3, 0.4) is 0 Å². The molecule has 1 amide bonds. The van der Waals surface area contributed by atoms with Crippen molar-refractivity contribution in [1.29, 1.82) is 0 Å². The van der Waals surface area contributed by atoms with Crippen LogP contribution in [0.15, 0.2) is 35.1 Å². The fraction of sp³-hybridized carbons (Fsp3) is 0.368. The number of aromatic nitrogens is 3. The van der Waals surface area contributed by atoms with Crippen molar-refractivity contribution in [3.8, 4) is 5.75 Å². The number of anilines is 2. The molecule has 4 rings (SSSR count). The van der Waals surface area contributed by atoms with E-state index in [-0.39, 0.29) is 11.8 Å². The van der Waals surface area contributed by atoms with Crippen LogP contribution in [0.1, 0.15) is 18.5 Å². The molecule has 1 aromatic carbocycles. The first-order chi connectivity index (χ1) is 13.2. The molecule has 0 aliphatic carbocycles. The number of carbonyl (C=O) groups is 1. The normalized spacial score (nSPS) is 17.1. The zero-order valence-corrected chi connectivity index (χ0v) is 15.3. The van der Waals surface area contributed by atoms with E-state index in [1.165, 1.54) is 6.33 Å². The maximum Gasteiger partial charge on any atom is 0.263 e. The number of rotatable bonds is 4. The summed E-state index contributed by atoms with van der Waals surface area (Å²) in [6, 6.07) is 7.37. The Kier molecular flexibility index (Phi) is 4.62. The molecule has 0 spiro atoms. The van der Waals surface area contributed by atoms with E-state index in [2.05, 4.69) is 25.3 Å². The molecule has 3 heterocycles. The highest BCUT2D eigenvalue weighted by Gasteiger charge is 2.28. The third-order valence-corrected chi connectivity index (χ3v) is 4.85. The second-order valence-electron chi connectivity index (χ2n) is 6.65. The fourth-order valence-corrected chi connectivity index (χ4v) is 3.47. The molecular formula is C19H21N5O3. The van der Waals surface area contributed by atoms with Crippen molar-refractivity contribution in [3.63, 3.8) is 0 Å². The van der Waals surface area contributed by atoms with Crippen LogP contribution in [0.2, 0.25) is 0 Å². The number of benzene rings is 1. The van der Waals surface area contributed by atoms with Gasteiger partial charge in [0.25, 0.3) is 5.71 Å². The smallest absolute Gasteiger partial charge is 0.263 e. The van der Waals surface area contributed by atoms with E-state index in [0.29, 0.717) is 18.0 Å². The standard InChI is InChI=1S/C19H21N5O3/c1-12-16-17(20-11-21-19(16)27-23-12)24-8-4-5-13(10-24)18(25)22-14-6-3-7-15(9-14)26-2/h3,6-7,9,11,13H,4-5,8,10H2,1-2H3,(H,22,25)/t13-/m0/s1. The van der Waals surface area contributed by atoms with Crippen molar-refractivity contribution in [2.24, 2.45) is 5.92 Å². The summed E-state index contributed by atoms with van der Waals surface area (Å²) in [6.45, 7) is 3.29. The Morgan fingerprint density at radius 1 is 1.37 bits per heavy atom. The minimum Gasteiger partial charge on any atom is -0.497 e. The Labute approximate surface area is 156 Å². The maximum atomic E-state index is 12.8. The molecule has 1 aliphatic heterocycles. The predicted octanol–water partition coefficient (Wildman–Crippen LogP) is 2.79. The fourth-order valence-electron chi connectivity index (χ4n) is 3.47. The number of fused-ring (bicyclic) bond motifs is 1. The molecule has 1 aliphatic rings. The summed E-state index contributed by atoms with van der Waals surface area (Å²) in [6.07, 6.45) is 3.22. The second-order valence-corrected chi connectivity index (χ2v) is 6.65. The molecular weight excluding hydrogens is 346 g/mol. The summed E-state index contributed by atoms with van der Waals surface area (Å²) in [5.41, 5.74) is 1.96. The van der Waals surface area contributed by atoms with E-state index < -0.39 is 0 Å². The Hall–Kier alpha value is -3.16. The van der Waals surface area contributed by atoms with E-state index in [1.807, 2.05) is 31.2 Å². The molecule has 1 atom stereocenters. The van der Waals surface area contributed by atoms with Gasteiger partial charge < -0.3 is 19.5 Å². The Balaban J connectivity index is 1.52. The third kappa shape index (κ3) is 3.42. The minimum atomic E-state index is -0.130. The average molecular weight is 367 g/mol. The number of ether oxygens (including phenoxy) is 1. The van der Waals surface area contributed by atoms with Crippen LogP contribution in [-0.4, -0.2) is 41.2 Å². The number of nitrogens with zero attached hydrogens (tertiary/aromatic N) is 4. The highest BCUT2D eigenvalue weighted by molar-refractivity contribution is 5.94. The van der Waals surface area contributed by atoms with Crippen molar-refractivity contribution >= 4 is 28.5 Å². The zero-order valence-electron chi connectivity index (χ0n) is 15.3. The van der Waals surface area contributed by atoms with Gasteiger partial charge in [-0.25, -0.2) is 4.98 Å². The molecule has 0 unspecified atom stereocenters. The largest absolute Gasteiger partial charge is 0.497 e. The minimum absolute atomic E-state index is 0.000272. The van der Waals surface area contributed by atoms with Gasteiger partial charge in [0.1, 0.15) is 23.3 Å². The lowest BCUT2D eigenvalue weighted by Crippen LogP contribution is -2.41. The topological polar surface area (TPSA) is 93.4 Å². The first-order valence-electron chi connectivity index (χ1n) is 8.92.